The van der Waals surface area contributed by atoms with Crippen LogP contribution in [-0.4, -0.2) is 52.9 Å². The minimum atomic E-state index is -0.902. The molecule has 1 heterocycles. The molecule has 20 heavy (non-hydrogen) atoms. The summed E-state index contributed by atoms with van der Waals surface area (Å²) in [5, 5.41) is 18.6. The molecule has 2 rings (SSSR count). The molecule has 0 bridgehead atoms. The number of hydrogen-bond donors (Lipinski definition) is 2. The van der Waals surface area contributed by atoms with Gasteiger partial charge in [0.15, 0.2) is 0 Å². The van der Waals surface area contributed by atoms with Gasteiger partial charge in [0.25, 0.3) is 0 Å². The number of likely N-dealkylation sites (tertiary alicyclic amines) is 1. The standard InChI is InChI=1S/C14H18FNO4/c15-10-2-4-12(5-3-10)20-7-1-6-16-9-11(17)8-13(16)14(18)19/h2-5,11,13,17H,1,6-9H2,(H,18,19)/t11-,13+/m1/s1. The number of ether oxygens (including phenoxy) is 1. The van der Waals surface area contributed by atoms with Crippen molar-refractivity contribution in [3.8, 4) is 5.75 Å². The molecule has 6 heteroatoms. The molecule has 0 spiro atoms. The van der Waals surface area contributed by atoms with Gasteiger partial charge in [0.1, 0.15) is 17.6 Å². The van der Waals surface area contributed by atoms with E-state index in [1.165, 1.54) is 12.1 Å². The summed E-state index contributed by atoms with van der Waals surface area (Å²) in [4.78, 5) is 12.8. The SMILES string of the molecule is O=C(O)[C@@H]1C[C@@H](O)CN1CCCOc1ccc(F)cc1. The van der Waals surface area contributed by atoms with Crippen LogP contribution in [0.4, 0.5) is 4.39 Å². The average Bonchev–Trinajstić information content (AvgIpc) is 2.78. The Labute approximate surface area is 116 Å². The van der Waals surface area contributed by atoms with E-state index in [-0.39, 0.29) is 12.2 Å². The molecule has 1 aromatic carbocycles. The van der Waals surface area contributed by atoms with E-state index in [1.807, 2.05) is 0 Å². The average molecular weight is 283 g/mol. The lowest BCUT2D eigenvalue weighted by molar-refractivity contribution is -0.142. The summed E-state index contributed by atoms with van der Waals surface area (Å²) < 4.78 is 18.1. The maximum absolute atomic E-state index is 12.7. The lowest BCUT2D eigenvalue weighted by atomic mass is 10.2. The van der Waals surface area contributed by atoms with Crippen molar-refractivity contribution in [2.45, 2.75) is 25.0 Å². The van der Waals surface area contributed by atoms with Gasteiger partial charge in [-0.2, -0.15) is 0 Å². The maximum atomic E-state index is 12.7. The van der Waals surface area contributed by atoms with Gasteiger partial charge in [0.05, 0.1) is 12.7 Å². The lowest BCUT2D eigenvalue weighted by Gasteiger charge is -2.20. The molecule has 0 aliphatic carbocycles. The smallest absolute Gasteiger partial charge is 0.321 e. The Balaban J connectivity index is 1.72. The molecule has 0 saturated carbocycles. The van der Waals surface area contributed by atoms with E-state index in [1.54, 1.807) is 17.0 Å². The fourth-order valence-electron chi connectivity index (χ4n) is 2.37. The van der Waals surface area contributed by atoms with Crippen LogP contribution < -0.4 is 4.74 Å². The van der Waals surface area contributed by atoms with E-state index in [0.717, 1.165) is 0 Å². The van der Waals surface area contributed by atoms with E-state index >= 15 is 0 Å². The number of aliphatic hydroxyl groups excluding tert-OH is 1. The topological polar surface area (TPSA) is 70.0 Å². The van der Waals surface area contributed by atoms with Gasteiger partial charge in [-0.25, -0.2) is 4.39 Å². The van der Waals surface area contributed by atoms with E-state index in [0.29, 0.717) is 31.9 Å². The zero-order valence-electron chi connectivity index (χ0n) is 11.0. The summed E-state index contributed by atoms with van der Waals surface area (Å²) in [6.07, 6.45) is 0.344. The van der Waals surface area contributed by atoms with Crippen LogP contribution in [0.5, 0.6) is 5.75 Å². The van der Waals surface area contributed by atoms with Gasteiger partial charge in [-0.15, -0.1) is 0 Å². The second kappa shape index (κ2) is 6.67. The van der Waals surface area contributed by atoms with Crippen LogP contribution in [0.25, 0.3) is 0 Å². The molecule has 1 saturated heterocycles. The van der Waals surface area contributed by atoms with Crippen LogP contribution in [0.2, 0.25) is 0 Å². The number of aliphatic carboxylic acids is 1. The van der Waals surface area contributed by atoms with Crippen LogP contribution in [0, 0.1) is 5.82 Å². The molecule has 0 unspecified atom stereocenters. The molecular weight excluding hydrogens is 265 g/mol. The van der Waals surface area contributed by atoms with Gasteiger partial charge < -0.3 is 14.9 Å². The number of carboxylic acid groups (broad SMARTS) is 1. The zero-order chi connectivity index (χ0) is 14.5. The van der Waals surface area contributed by atoms with Gasteiger partial charge in [0, 0.05) is 19.5 Å². The van der Waals surface area contributed by atoms with Crippen molar-refractivity contribution in [1.82, 2.24) is 4.90 Å². The quantitative estimate of drug-likeness (QED) is 0.765. The van der Waals surface area contributed by atoms with Crippen molar-refractivity contribution in [3.05, 3.63) is 30.1 Å². The first-order valence-corrected chi connectivity index (χ1v) is 6.59. The largest absolute Gasteiger partial charge is 0.494 e. The first-order valence-electron chi connectivity index (χ1n) is 6.59. The highest BCUT2D eigenvalue weighted by molar-refractivity contribution is 5.74. The number of rotatable bonds is 6. The van der Waals surface area contributed by atoms with Gasteiger partial charge in [-0.1, -0.05) is 0 Å². The fraction of sp³-hybridized carbons (Fsp3) is 0.500. The summed E-state index contributed by atoms with van der Waals surface area (Å²) in [5.74, 6) is -0.628. The van der Waals surface area contributed by atoms with E-state index in [4.69, 9.17) is 9.84 Å². The second-order valence-corrected chi connectivity index (χ2v) is 4.89. The Bertz CT molecular complexity index is 451. The minimum absolute atomic E-state index is 0.272. The number of hydrogen-bond acceptors (Lipinski definition) is 4. The zero-order valence-corrected chi connectivity index (χ0v) is 11.0. The van der Waals surface area contributed by atoms with Crippen molar-refractivity contribution in [2.75, 3.05) is 19.7 Å². The fourth-order valence-corrected chi connectivity index (χ4v) is 2.37. The summed E-state index contributed by atoms with van der Waals surface area (Å²) in [5.41, 5.74) is 0. The normalized spacial score (nSPS) is 22.9. The third kappa shape index (κ3) is 3.91. The molecular formula is C14H18FNO4. The summed E-state index contributed by atoms with van der Waals surface area (Å²) >= 11 is 0. The Hall–Kier alpha value is -1.66. The first-order chi connectivity index (χ1) is 9.56. The monoisotopic (exact) mass is 283 g/mol. The molecule has 110 valence electrons. The molecule has 2 N–H and O–H groups in total. The van der Waals surface area contributed by atoms with Crippen molar-refractivity contribution >= 4 is 5.97 Å². The maximum Gasteiger partial charge on any atom is 0.321 e. The van der Waals surface area contributed by atoms with Crippen molar-refractivity contribution in [2.24, 2.45) is 0 Å². The van der Waals surface area contributed by atoms with Crippen LogP contribution in [-0.2, 0) is 4.79 Å². The number of β-amino-alcohol motifs (C(OH)–C–C–N with tert-alkyl or cyclic N) is 1. The van der Waals surface area contributed by atoms with Crippen molar-refractivity contribution < 1.29 is 24.1 Å². The van der Waals surface area contributed by atoms with Crippen molar-refractivity contribution in [1.29, 1.82) is 0 Å². The number of nitrogens with zero attached hydrogens (tertiary/aromatic N) is 1. The van der Waals surface area contributed by atoms with Gasteiger partial charge in [-0.05, 0) is 30.7 Å². The number of carboxylic acids is 1. The number of halogens is 1. The molecule has 0 amide bonds. The molecule has 1 aliphatic heterocycles. The molecule has 0 radical (unpaired) electrons. The Morgan fingerprint density at radius 3 is 2.75 bits per heavy atom. The molecule has 1 aliphatic rings. The van der Waals surface area contributed by atoms with Gasteiger partial charge in [-0.3, -0.25) is 9.69 Å². The third-order valence-corrected chi connectivity index (χ3v) is 3.34. The van der Waals surface area contributed by atoms with E-state index in [2.05, 4.69) is 0 Å². The van der Waals surface area contributed by atoms with Crippen LogP contribution >= 0.6 is 0 Å². The molecule has 0 aromatic heterocycles. The third-order valence-electron chi connectivity index (χ3n) is 3.34. The number of carbonyl (C=O) groups is 1. The highest BCUT2D eigenvalue weighted by atomic mass is 19.1. The van der Waals surface area contributed by atoms with Gasteiger partial charge >= 0.3 is 5.97 Å². The minimum Gasteiger partial charge on any atom is -0.494 e. The Morgan fingerprint density at radius 1 is 1.40 bits per heavy atom. The molecule has 2 atom stereocenters. The van der Waals surface area contributed by atoms with Gasteiger partial charge in [0.2, 0.25) is 0 Å². The van der Waals surface area contributed by atoms with Crippen LogP contribution in [0.3, 0.4) is 0 Å². The number of benzene rings is 1. The second-order valence-electron chi connectivity index (χ2n) is 4.89. The first kappa shape index (κ1) is 14.7. The summed E-state index contributed by atoms with van der Waals surface area (Å²) in [6.45, 7) is 1.35. The molecule has 1 fully saturated rings. The Morgan fingerprint density at radius 2 is 2.10 bits per heavy atom. The molecule has 1 aromatic rings. The summed E-state index contributed by atoms with van der Waals surface area (Å²) in [6, 6.07) is 5.14. The summed E-state index contributed by atoms with van der Waals surface area (Å²) in [7, 11) is 0. The highest BCUT2D eigenvalue weighted by Gasteiger charge is 2.35. The number of aliphatic hydroxyl groups is 1. The van der Waals surface area contributed by atoms with Crippen molar-refractivity contribution in [3.63, 3.8) is 0 Å². The van der Waals surface area contributed by atoms with E-state index < -0.39 is 18.1 Å². The predicted molar refractivity (Wildman–Crippen MR) is 70.1 cm³/mol. The lowest BCUT2D eigenvalue weighted by Crippen LogP contribution is -2.37. The molecule has 5 nitrogen and oxygen atoms in total. The predicted octanol–water partition coefficient (Wildman–Crippen LogP) is 1.11. The highest BCUT2D eigenvalue weighted by Crippen LogP contribution is 2.18. The Kier molecular flexibility index (Phi) is 4.92. The van der Waals surface area contributed by atoms with Crippen LogP contribution in [0.1, 0.15) is 12.8 Å². The van der Waals surface area contributed by atoms with Crippen LogP contribution in [0.15, 0.2) is 24.3 Å². The van der Waals surface area contributed by atoms with E-state index in [9.17, 15) is 14.3 Å².